The van der Waals surface area contributed by atoms with Crippen LogP contribution in [0.3, 0.4) is 0 Å². The van der Waals surface area contributed by atoms with E-state index in [1.807, 2.05) is 7.05 Å². The number of carboxylic acid groups (broad SMARTS) is 1. The smallest absolute Gasteiger partial charge is 0.334 e. The van der Waals surface area contributed by atoms with Crippen LogP contribution in [0.15, 0.2) is 28.4 Å². The Kier molecular flexibility index (Phi) is 9.71. The standard InChI is InChI=1S/C35H57N5O5/c1-23-11-12-24-17-29-30(31(42)43)33(44,22-45-28-10-6-9-27(18-28)37-2)20-34(23,29)35(24)21-40(15-13-25(35)19-38-14-16-41)32(36)39-26-7-4-3-5-8-26/h13,15,23-28,37-38,41,44H,3-12,14,16-22H2,1-2H3,(H2,36,39)(H,42,43). The molecule has 252 valence electrons. The second-order valence-electron chi connectivity index (χ2n) is 15.1. The molecule has 2 spiro atoms. The number of nitrogens with two attached hydrogens (primary N) is 1. The highest BCUT2D eigenvalue weighted by Crippen LogP contribution is 2.77. The van der Waals surface area contributed by atoms with Gasteiger partial charge in [0, 0.05) is 42.7 Å². The normalized spacial score (nSPS) is 40.4. The van der Waals surface area contributed by atoms with Crippen LogP contribution in [-0.4, -0.2) is 95.8 Å². The number of carbonyl (C=O) groups is 1. The summed E-state index contributed by atoms with van der Waals surface area (Å²) in [6.07, 6.45) is 17.1. The van der Waals surface area contributed by atoms with Crippen molar-refractivity contribution in [3.05, 3.63) is 23.4 Å². The SMILES string of the molecule is CNC1CCCC(OCC2(O)CC34C(=C2C(=O)O)CC(CCC3C)C42CN(C(N)=NC3CCCCC3)C=CC2CNCCO)C1. The summed E-state index contributed by atoms with van der Waals surface area (Å²) in [4.78, 5) is 20.3. The molecule has 10 nitrogen and oxygen atoms in total. The lowest BCUT2D eigenvalue weighted by atomic mass is 9.46. The summed E-state index contributed by atoms with van der Waals surface area (Å²) >= 11 is 0. The predicted molar refractivity (Wildman–Crippen MR) is 174 cm³/mol. The highest BCUT2D eigenvalue weighted by Gasteiger charge is 2.75. The van der Waals surface area contributed by atoms with Crippen LogP contribution in [-0.2, 0) is 9.53 Å². The molecule has 6 aliphatic rings. The van der Waals surface area contributed by atoms with Crippen molar-refractivity contribution in [3.63, 3.8) is 0 Å². The first-order valence-corrected chi connectivity index (χ1v) is 17.8. The maximum atomic E-state index is 13.2. The zero-order valence-electron chi connectivity index (χ0n) is 27.5. The number of nitrogens with zero attached hydrogens (tertiary/aromatic N) is 2. The molecule has 45 heavy (non-hydrogen) atoms. The zero-order valence-corrected chi connectivity index (χ0v) is 27.5. The van der Waals surface area contributed by atoms with Crippen molar-refractivity contribution in [1.82, 2.24) is 15.5 Å². The molecule has 10 heteroatoms. The molecule has 0 aromatic carbocycles. The summed E-state index contributed by atoms with van der Waals surface area (Å²) < 4.78 is 6.45. The first kappa shape index (κ1) is 32.9. The van der Waals surface area contributed by atoms with E-state index in [2.05, 4.69) is 34.7 Å². The summed E-state index contributed by atoms with van der Waals surface area (Å²) in [6.45, 7) is 4.15. The van der Waals surface area contributed by atoms with E-state index in [1.165, 1.54) is 19.3 Å². The second kappa shape index (κ2) is 13.3. The molecule has 4 saturated carbocycles. The fraction of sp³-hybridized carbons (Fsp3) is 0.829. The van der Waals surface area contributed by atoms with Crippen LogP contribution in [0, 0.1) is 28.6 Å². The van der Waals surface area contributed by atoms with Gasteiger partial charge in [-0.2, -0.15) is 0 Å². The summed E-state index contributed by atoms with van der Waals surface area (Å²) in [5.41, 5.74) is 5.50. The van der Waals surface area contributed by atoms with Crippen LogP contribution in [0.4, 0.5) is 0 Å². The molecule has 6 rings (SSSR count). The average Bonchev–Trinajstić information content (AvgIpc) is 3.39. The molecule has 2 bridgehead atoms. The van der Waals surface area contributed by atoms with Crippen molar-refractivity contribution in [3.8, 4) is 0 Å². The van der Waals surface area contributed by atoms with Gasteiger partial charge in [-0.15, -0.1) is 0 Å². The van der Waals surface area contributed by atoms with Crippen LogP contribution in [0.25, 0.3) is 0 Å². The lowest BCUT2D eigenvalue weighted by Crippen LogP contribution is -2.62. The van der Waals surface area contributed by atoms with E-state index in [-0.39, 0.29) is 54.1 Å². The second-order valence-corrected chi connectivity index (χ2v) is 15.1. The third-order valence-corrected chi connectivity index (χ3v) is 12.9. The number of hydrogen-bond acceptors (Lipinski definition) is 7. The van der Waals surface area contributed by atoms with E-state index in [0.29, 0.717) is 44.5 Å². The highest BCUT2D eigenvalue weighted by atomic mass is 16.5. The average molecular weight is 628 g/mol. The number of aliphatic hydroxyl groups excluding tert-OH is 1. The molecule has 5 aliphatic carbocycles. The van der Waals surface area contributed by atoms with E-state index in [4.69, 9.17) is 15.5 Å². The Morgan fingerprint density at radius 2 is 1.96 bits per heavy atom. The van der Waals surface area contributed by atoms with Crippen LogP contribution >= 0.6 is 0 Å². The van der Waals surface area contributed by atoms with Crippen LogP contribution in [0.5, 0.6) is 0 Å². The Morgan fingerprint density at radius 3 is 2.69 bits per heavy atom. The van der Waals surface area contributed by atoms with Gasteiger partial charge in [0.25, 0.3) is 0 Å². The molecule has 7 N–H and O–H groups in total. The van der Waals surface area contributed by atoms with Gasteiger partial charge in [-0.25, -0.2) is 9.79 Å². The van der Waals surface area contributed by atoms with Crippen molar-refractivity contribution in [2.75, 3.05) is 39.9 Å². The maximum Gasteiger partial charge on any atom is 0.334 e. The highest BCUT2D eigenvalue weighted by molar-refractivity contribution is 5.92. The summed E-state index contributed by atoms with van der Waals surface area (Å²) in [5.74, 6) is 0.0554. The fourth-order valence-corrected chi connectivity index (χ4v) is 10.9. The Bertz CT molecular complexity index is 1180. The van der Waals surface area contributed by atoms with Gasteiger partial charge >= 0.3 is 5.97 Å². The minimum absolute atomic E-state index is 0.00281. The molecule has 0 amide bonds. The zero-order chi connectivity index (χ0) is 31.8. The number of aliphatic imine (C=N–C) groups is 1. The lowest BCUT2D eigenvalue weighted by Gasteiger charge is -2.61. The van der Waals surface area contributed by atoms with Crippen LogP contribution in [0.2, 0.25) is 0 Å². The van der Waals surface area contributed by atoms with Crippen LogP contribution in [0.1, 0.15) is 90.4 Å². The van der Waals surface area contributed by atoms with E-state index in [1.54, 1.807) is 0 Å². The number of allylic oxidation sites excluding steroid dienone is 1. The minimum Gasteiger partial charge on any atom is -0.478 e. The molecule has 0 aromatic rings. The summed E-state index contributed by atoms with van der Waals surface area (Å²) in [5, 5.41) is 39.7. The lowest BCUT2D eigenvalue weighted by molar-refractivity contribution is -0.143. The fourth-order valence-electron chi connectivity index (χ4n) is 10.9. The van der Waals surface area contributed by atoms with Crippen molar-refractivity contribution >= 4 is 11.9 Å². The van der Waals surface area contributed by atoms with Crippen LogP contribution < -0.4 is 16.4 Å². The molecule has 1 aliphatic heterocycles. The maximum absolute atomic E-state index is 13.2. The Hall–Kier alpha value is -1.98. The Labute approximate surface area is 268 Å². The minimum atomic E-state index is -1.56. The van der Waals surface area contributed by atoms with E-state index in [9.17, 15) is 20.1 Å². The van der Waals surface area contributed by atoms with E-state index >= 15 is 0 Å². The Balaban J connectivity index is 1.38. The topological polar surface area (TPSA) is 153 Å². The molecule has 8 atom stereocenters. The van der Waals surface area contributed by atoms with Crippen molar-refractivity contribution in [1.29, 1.82) is 0 Å². The van der Waals surface area contributed by atoms with Gasteiger partial charge in [-0.05, 0) is 94.6 Å². The van der Waals surface area contributed by atoms with Gasteiger partial charge in [0.2, 0.25) is 0 Å². The number of aliphatic hydroxyl groups is 2. The number of guanidine groups is 1. The van der Waals surface area contributed by atoms with Gasteiger partial charge in [-0.1, -0.05) is 32.3 Å². The Morgan fingerprint density at radius 1 is 1.16 bits per heavy atom. The van der Waals surface area contributed by atoms with Gasteiger partial charge in [0.05, 0.1) is 30.9 Å². The summed E-state index contributed by atoms with van der Waals surface area (Å²) in [7, 11) is 1.98. The molecule has 0 saturated heterocycles. The third kappa shape index (κ3) is 5.66. The third-order valence-electron chi connectivity index (χ3n) is 12.9. The molecular weight excluding hydrogens is 570 g/mol. The number of aliphatic carboxylic acids is 1. The monoisotopic (exact) mass is 627 g/mol. The quantitative estimate of drug-likeness (QED) is 0.122. The number of ether oxygens (including phenoxy) is 1. The van der Waals surface area contributed by atoms with Gasteiger partial charge in [-0.3, -0.25) is 0 Å². The number of carboxylic acids is 1. The molecule has 0 aromatic heterocycles. The number of rotatable bonds is 10. The largest absolute Gasteiger partial charge is 0.478 e. The molecule has 8 unspecified atom stereocenters. The molecular formula is C35H57N5O5. The number of hydrogen-bond donors (Lipinski definition) is 6. The molecule has 4 fully saturated rings. The molecule has 0 radical (unpaired) electrons. The van der Waals surface area contributed by atoms with Crippen molar-refractivity contribution < 1.29 is 24.9 Å². The number of nitrogens with one attached hydrogen (secondary N) is 2. The van der Waals surface area contributed by atoms with E-state index in [0.717, 1.165) is 56.9 Å². The molecule has 1 heterocycles. The van der Waals surface area contributed by atoms with Crippen molar-refractivity contribution in [2.45, 2.75) is 114 Å². The summed E-state index contributed by atoms with van der Waals surface area (Å²) in [6, 6.07) is 0.629. The predicted octanol–water partition coefficient (Wildman–Crippen LogP) is 3.15. The van der Waals surface area contributed by atoms with Gasteiger partial charge in [0.15, 0.2) is 5.96 Å². The first-order valence-electron chi connectivity index (χ1n) is 17.8. The van der Waals surface area contributed by atoms with Gasteiger partial charge in [0.1, 0.15) is 5.60 Å². The van der Waals surface area contributed by atoms with E-state index < -0.39 is 17.0 Å². The van der Waals surface area contributed by atoms with Crippen molar-refractivity contribution in [2.24, 2.45) is 39.3 Å². The first-order chi connectivity index (χ1) is 21.7. The van der Waals surface area contributed by atoms with Gasteiger partial charge < -0.3 is 41.3 Å².